The topological polar surface area (TPSA) is 74.8 Å². The Hall–Kier alpha value is -3.49. The number of pyridine rings is 2. The highest BCUT2D eigenvalue weighted by Gasteiger charge is 2.31. The lowest BCUT2D eigenvalue weighted by molar-refractivity contribution is -0.137. The Morgan fingerprint density at radius 2 is 1.76 bits per heavy atom. The van der Waals surface area contributed by atoms with Crippen LogP contribution in [0.1, 0.15) is 38.9 Å². The van der Waals surface area contributed by atoms with Gasteiger partial charge in [-0.25, -0.2) is 4.39 Å². The fourth-order valence-electron chi connectivity index (χ4n) is 2.70. The number of nitrogens with zero attached hydrogens (tertiary/aromatic N) is 1. The van der Waals surface area contributed by atoms with E-state index in [9.17, 15) is 27.2 Å². The molecule has 9 heteroatoms. The van der Waals surface area contributed by atoms with E-state index in [0.717, 1.165) is 30.3 Å². The van der Waals surface area contributed by atoms with Crippen molar-refractivity contribution in [3.8, 4) is 0 Å². The van der Waals surface area contributed by atoms with Crippen molar-refractivity contribution in [2.24, 2.45) is 0 Å². The zero-order chi connectivity index (χ0) is 21.2. The molecule has 0 radical (unpaired) electrons. The first-order chi connectivity index (χ1) is 13.6. The van der Waals surface area contributed by atoms with E-state index in [1.165, 1.54) is 24.4 Å². The second-order valence-electron chi connectivity index (χ2n) is 6.29. The molecule has 0 fully saturated rings. The van der Waals surface area contributed by atoms with E-state index in [4.69, 9.17) is 0 Å². The molecule has 0 unspecified atom stereocenters. The van der Waals surface area contributed by atoms with Gasteiger partial charge >= 0.3 is 6.18 Å². The molecule has 0 aliphatic carbocycles. The molecule has 150 valence electrons. The molecule has 1 amide bonds. The SMILES string of the molecule is Cc1ccc(F)c([C@@H](NC(=O)c2ccc(=O)[nH]c2)c2ccc(C(F)(F)F)cc2)n1. The molecule has 1 aromatic carbocycles. The second-order valence-corrected chi connectivity index (χ2v) is 6.29. The lowest BCUT2D eigenvalue weighted by Gasteiger charge is -2.20. The molecule has 3 rings (SSSR count). The number of nitrogens with one attached hydrogen (secondary N) is 2. The zero-order valence-corrected chi connectivity index (χ0v) is 15.0. The maximum atomic E-state index is 14.4. The van der Waals surface area contributed by atoms with E-state index in [1.807, 2.05) is 0 Å². The fraction of sp³-hybridized carbons (Fsp3) is 0.150. The van der Waals surface area contributed by atoms with Gasteiger partial charge in [0.15, 0.2) is 0 Å². The molecule has 5 nitrogen and oxygen atoms in total. The number of carbonyl (C=O) groups is 1. The number of hydrogen-bond acceptors (Lipinski definition) is 3. The number of alkyl halides is 3. The number of aromatic nitrogens is 2. The van der Waals surface area contributed by atoms with E-state index in [-0.39, 0.29) is 16.8 Å². The van der Waals surface area contributed by atoms with Crippen LogP contribution in [-0.2, 0) is 6.18 Å². The van der Waals surface area contributed by atoms with Crippen LogP contribution in [0.5, 0.6) is 0 Å². The van der Waals surface area contributed by atoms with Gasteiger partial charge in [0.1, 0.15) is 11.5 Å². The van der Waals surface area contributed by atoms with Crippen molar-refractivity contribution in [3.05, 3.63) is 99.0 Å². The van der Waals surface area contributed by atoms with Gasteiger partial charge in [-0.2, -0.15) is 13.2 Å². The van der Waals surface area contributed by atoms with Gasteiger partial charge in [-0.05, 0) is 42.8 Å². The molecule has 0 bridgehead atoms. The largest absolute Gasteiger partial charge is 0.416 e. The summed E-state index contributed by atoms with van der Waals surface area (Å²) in [6.45, 7) is 1.62. The molecule has 0 spiro atoms. The van der Waals surface area contributed by atoms with Crippen LogP contribution in [0.2, 0.25) is 0 Å². The number of benzene rings is 1. The second kappa shape index (κ2) is 7.86. The summed E-state index contributed by atoms with van der Waals surface area (Å²) < 4.78 is 53.0. The van der Waals surface area contributed by atoms with Crippen LogP contribution in [0, 0.1) is 12.7 Å². The molecule has 2 aromatic heterocycles. The summed E-state index contributed by atoms with van der Waals surface area (Å²) in [5, 5.41) is 2.57. The van der Waals surface area contributed by atoms with Crippen molar-refractivity contribution in [2.45, 2.75) is 19.1 Å². The number of H-pyrrole nitrogens is 1. The zero-order valence-electron chi connectivity index (χ0n) is 15.0. The smallest absolute Gasteiger partial charge is 0.339 e. The summed E-state index contributed by atoms with van der Waals surface area (Å²) >= 11 is 0. The maximum Gasteiger partial charge on any atom is 0.416 e. The molecule has 2 heterocycles. The molecule has 0 aliphatic rings. The summed E-state index contributed by atoms with van der Waals surface area (Å²) in [7, 11) is 0. The summed E-state index contributed by atoms with van der Waals surface area (Å²) in [5.41, 5.74) is -0.640. The Kier molecular flexibility index (Phi) is 5.49. The van der Waals surface area contributed by atoms with Gasteiger partial charge in [-0.1, -0.05) is 12.1 Å². The summed E-state index contributed by atoms with van der Waals surface area (Å²) in [6.07, 6.45) is -3.35. The minimum atomic E-state index is -4.53. The van der Waals surface area contributed by atoms with Crippen LogP contribution in [0.3, 0.4) is 0 Å². The summed E-state index contributed by atoms with van der Waals surface area (Å²) in [5.74, 6) is -1.38. The van der Waals surface area contributed by atoms with Gasteiger partial charge in [-0.15, -0.1) is 0 Å². The highest BCUT2D eigenvalue weighted by molar-refractivity contribution is 5.94. The number of amides is 1. The highest BCUT2D eigenvalue weighted by Crippen LogP contribution is 2.31. The van der Waals surface area contributed by atoms with E-state index < -0.39 is 35.1 Å². The van der Waals surface area contributed by atoms with Crippen molar-refractivity contribution >= 4 is 5.91 Å². The predicted octanol–water partition coefficient (Wildman–Crippen LogP) is 3.76. The maximum absolute atomic E-state index is 14.4. The first kappa shape index (κ1) is 20.2. The summed E-state index contributed by atoms with van der Waals surface area (Å²) in [6, 6.07) is 7.90. The van der Waals surface area contributed by atoms with Crippen LogP contribution >= 0.6 is 0 Å². The minimum Gasteiger partial charge on any atom is -0.339 e. The van der Waals surface area contributed by atoms with Crippen molar-refractivity contribution < 1.29 is 22.4 Å². The molecular weight excluding hydrogens is 390 g/mol. The Morgan fingerprint density at radius 1 is 1.07 bits per heavy atom. The molecule has 0 aliphatic heterocycles. The van der Waals surface area contributed by atoms with Crippen molar-refractivity contribution in [1.82, 2.24) is 15.3 Å². The quantitative estimate of drug-likeness (QED) is 0.649. The number of aryl methyl sites for hydroxylation is 1. The Morgan fingerprint density at radius 3 is 2.34 bits per heavy atom. The van der Waals surface area contributed by atoms with Crippen LogP contribution < -0.4 is 10.9 Å². The third kappa shape index (κ3) is 4.68. The number of aromatic amines is 1. The van der Waals surface area contributed by atoms with Crippen LogP contribution in [0.15, 0.2) is 59.5 Å². The van der Waals surface area contributed by atoms with Crippen molar-refractivity contribution in [3.63, 3.8) is 0 Å². The number of carbonyl (C=O) groups excluding carboxylic acids is 1. The van der Waals surface area contributed by atoms with E-state index in [1.54, 1.807) is 6.92 Å². The van der Waals surface area contributed by atoms with Gasteiger partial charge in [-0.3, -0.25) is 14.6 Å². The number of halogens is 4. The average Bonchev–Trinajstić information content (AvgIpc) is 2.68. The summed E-state index contributed by atoms with van der Waals surface area (Å²) in [4.78, 5) is 30.2. The Bertz CT molecular complexity index is 1070. The van der Waals surface area contributed by atoms with Crippen LogP contribution in [0.4, 0.5) is 17.6 Å². The van der Waals surface area contributed by atoms with Crippen molar-refractivity contribution in [2.75, 3.05) is 0 Å². The van der Waals surface area contributed by atoms with Crippen LogP contribution in [-0.4, -0.2) is 15.9 Å². The van der Waals surface area contributed by atoms with Gasteiger partial charge in [0.2, 0.25) is 5.56 Å². The van der Waals surface area contributed by atoms with Gasteiger partial charge < -0.3 is 10.3 Å². The lowest BCUT2D eigenvalue weighted by atomic mass is 10.00. The molecule has 0 saturated carbocycles. The molecule has 29 heavy (non-hydrogen) atoms. The molecular formula is C20H15F4N3O2. The van der Waals surface area contributed by atoms with Gasteiger partial charge in [0.25, 0.3) is 5.91 Å². The number of hydrogen-bond donors (Lipinski definition) is 2. The molecule has 2 N–H and O–H groups in total. The molecule has 1 atom stereocenters. The molecule has 0 saturated heterocycles. The standard InChI is InChI=1S/C20H15F4N3O2/c1-11-2-8-15(21)18(26-11)17(12-3-6-14(7-4-12)20(22,23)24)27-19(29)13-5-9-16(28)25-10-13/h2-10,17H,1H3,(H,25,28)(H,27,29)/t17-/m0/s1. The first-order valence-electron chi connectivity index (χ1n) is 8.45. The normalized spacial score (nSPS) is 12.4. The number of rotatable bonds is 4. The monoisotopic (exact) mass is 405 g/mol. The first-order valence-corrected chi connectivity index (χ1v) is 8.45. The fourth-order valence-corrected chi connectivity index (χ4v) is 2.70. The third-order valence-corrected chi connectivity index (χ3v) is 4.18. The van der Waals surface area contributed by atoms with Crippen LogP contribution in [0.25, 0.3) is 0 Å². The molecule has 3 aromatic rings. The minimum absolute atomic E-state index is 0.0922. The average molecular weight is 405 g/mol. The van der Waals surface area contributed by atoms with E-state index in [0.29, 0.717) is 5.69 Å². The predicted molar refractivity (Wildman–Crippen MR) is 96.7 cm³/mol. The van der Waals surface area contributed by atoms with E-state index in [2.05, 4.69) is 15.3 Å². The highest BCUT2D eigenvalue weighted by atomic mass is 19.4. The third-order valence-electron chi connectivity index (χ3n) is 4.18. The van der Waals surface area contributed by atoms with Gasteiger partial charge in [0, 0.05) is 18.0 Å². The lowest BCUT2D eigenvalue weighted by Crippen LogP contribution is -2.31. The van der Waals surface area contributed by atoms with Crippen molar-refractivity contribution in [1.29, 1.82) is 0 Å². The Labute approximate surface area is 162 Å². The van der Waals surface area contributed by atoms with Gasteiger partial charge in [0.05, 0.1) is 17.2 Å². The Balaban J connectivity index is 2.02. The van der Waals surface area contributed by atoms with E-state index >= 15 is 0 Å².